The Morgan fingerprint density at radius 3 is 2.36 bits per heavy atom. The Morgan fingerprint density at radius 1 is 1.23 bits per heavy atom. The summed E-state index contributed by atoms with van der Waals surface area (Å²) < 4.78 is 0. The summed E-state index contributed by atoms with van der Waals surface area (Å²) in [5.41, 5.74) is 0.640. The summed E-state index contributed by atoms with van der Waals surface area (Å²) >= 11 is 0. The van der Waals surface area contributed by atoms with E-state index >= 15 is 0 Å². The van der Waals surface area contributed by atoms with E-state index < -0.39 is 0 Å². The van der Waals surface area contributed by atoms with Crippen molar-refractivity contribution in [2.75, 3.05) is 39.3 Å². The molecule has 2 aliphatic rings. The largest absolute Gasteiger partial charge is 0.357 e. The van der Waals surface area contributed by atoms with Crippen molar-refractivity contribution in [1.29, 1.82) is 0 Å². The van der Waals surface area contributed by atoms with E-state index in [1.165, 1.54) is 38.8 Å². The number of hydrogen-bond acceptors (Lipinski definition) is 2. The number of nitrogens with one attached hydrogen (secondary N) is 1. The molecule has 1 saturated heterocycles. The molecule has 4 nitrogen and oxygen atoms in total. The fraction of sp³-hybridized carbons (Fsp3) is 0.941. The maximum absolute atomic E-state index is 4.93. The van der Waals surface area contributed by atoms with Crippen molar-refractivity contribution in [2.45, 2.75) is 59.4 Å². The van der Waals surface area contributed by atoms with E-state index in [0.29, 0.717) is 11.5 Å². The van der Waals surface area contributed by atoms with Gasteiger partial charge in [0.25, 0.3) is 0 Å². The van der Waals surface area contributed by atoms with Gasteiger partial charge in [0, 0.05) is 25.7 Å². The van der Waals surface area contributed by atoms with Crippen LogP contribution in [0.1, 0.15) is 53.4 Å². The molecule has 1 aliphatic carbocycles. The van der Waals surface area contributed by atoms with Crippen molar-refractivity contribution in [3.05, 3.63) is 0 Å². The Hall–Kier alpha value is -0.0400. The second-order valence-corrected chi connectivity index (χ2v) is 6.79. The second-order valence-electron chi connectivity index (χ2n) is 6.79. The van der Waals surface area contributed by atoms with Gasteiger partial charge in [-0.2, -0.15) is 0 Å². The molecule has 0 bridgehead atoms. The molecule has 0 radical (unpaired) electrons. The standard InChI is InChI=1S/C17H34N4.HI/c1-5-18-16(19-13-15(4)20(6-2)7-3)21-12-11-17(14-21)9-8-10-17;/h15H,5-14H2,1-4H3,(H,18,19);1H. The molecule has 1 atom stereocenters. The number of aliphatic imine (C=N–C) groups is 1. The van der Waals surface area contributed by atoms with Gasteiger partial charge in [-0.15, -0.1) is 24.0 Å². The summed E-state index contributed by atoms with van der Waals surface area (Å²) in [6.45, 7) is 15.4. The summed E-state index contributed by atoms with van der Waals surface area (Å²) in [6.07, 6.45) is 5.65. The molecule has 2 fully saturated rings. The number of rotatable bonds is 6. The Labute approximate surface area is 154 Å². The lowest BCUT2D eigenvalue weighted by molar-refractivity contribution is 0.151. The normalized spacial score (nSPS) is 21.7. The maximum Gasteiger partial charge on any atom is 0.193 e. The van der Waals surface area contributed by atoms with Gasteiger partial charge in [-0.05, 0) is 51.6 Å². The number of likely N-dealkylation sites (tertiary alicyclic amines) is 1. The molecular weight excluding hydrogens is 387 g/mol. The monoisotopic (exact) mass is 422 g/mol. The highest BCUT2D eigenvalue weighted by atomic mass is 127. The van der Waals surface area contributed by atoms with Crippen LogP contribution in [-0.4, -0.2) is 61.1 Å². The average molecular weight is 422 g/mol. The van der Waals surface area contributed by atoms with Crippen LogP contribution in [0.4, 0.5) is 0 Å². The third-order valence-electron chi connectivity index (χ3n) is 5.43. The van der Waals surface area contributed by atoms with Crippen LogP contribution in [0.25, 0.3) is 0 Å². The van der Waals surface area contributed by atoms with Gasteiger partial charge >= 0.3 is 0 Å². The molecule has 130 valence electrons. The molecule has 0 aromatic heterocycles. The summed E-state index contributed by atoms with van der Waals surface area (Å²) in [7, 11) is 0. The highest BCUT2D eigenvalue weighted by Crippen LogP contribution is 2.47. The highest BCUT2D eigenvalue weighted by molar-refractivity contribution is 14.0. The topological polar surface area (TPSA) is 30.9 Å². The zero-order valence-electron chi connectivity index (χ0n) is 14.9. The minimum atomic E-state index is 0. The first kappa shape index (κ1) is 20.0. The minimum Gasteiger partial charge on any atom is -0.357 e. The smallest absolute Gasteiger partial charge is 0.193 e. The van der Waals surface area contributed by atoms with Crippen molar-refractivity contribution in [3.63, 3.8) is 0 Å². The zero-order valence-corrected chi connectivity index (χ0v) is 17.2. The lowest BCUT2D eigenvalue weighted by atomic mass is 9.68. The molecule has 2 rings (SSSR count). The van der Waals surface area contributed by atoms with Gasteiger partial charge in [-0.3, -0.25) is 9.89 Å². The first-order chi connectivity index (χ1) is 10.1. The summed E-state index contributed by atoms with van der Waals surface area (Å²) in [4.78, 5) is 9.90. The van der Waals surface area contributed by atoms with E-state index in [2.05, 4.69) is 42.8 Å². The van der Waals surface area contributed by atoms with Crippen molar-refractivity contribution >= 4 is 29.9 Å². The SMILES string of the molecule is CCNC(=NCC(C)N(CC)CC)N1CCC2(CCC2)C1.I. The fourth-order valence-corrected chi connectivity index (χ4v) is 3.81. The number of nitrogens with zero attached hydrogens (tertiary/aromatic N) is 3. The Morgan fingerprint density at radius 2 is 1.91 bits per heavy atom. The average Bonchev–Trinajstić information content (AvgIpc) is 2.90. The second kappa shape index (κ2) is 9.30. The molecule has 0 aromatic rings. The van der Waals surface area contributed by atoms with Gasteiger partial charge in [0.05, 0.1) is 6.54 Å². The molecule has 0 amide bonds. The van der Waals surface area contributed by atoms with E-state index in [1.807, 2.05) is 0 Å². The van der Waals surface area contributed by atoms with Crippen molar-refractivity contribution in [1.82, 2.24) is 15.1 Å². The fourth-order valence-electron chi connectivity index (χ4n) is 3.81. The van der Waals surface area contributed by atoms with Crippen LogP contribution >= 0.6 is 24.0 Å². The maximum atomic E-state index is 4.93. The third-order valence-corrected chi connectivity index (χ3v) is 5.43. The quantitative estimate of drug-likeness (QED) is 0.405. The molecular formula is C17H35IN4. The summed E-state index contributed by atoms with van der Waals surface area (Å²) in [5, 5.41) is 3.50. The highest BCUT2D eigenvalue weighted by Gasteiger charge is 2.43. The van der Waals surface area contributed by atoms with Crippen molar-refractivity contribution in [2.24, 2.45) is 10.4 Å². The first-order valence-corrected chi connectivity index (χ1v) is 8.91. The lowest BCUT2D eigenvalue weighted by Gasteiger charge is -2.38. The van der Waals surface area contributed by atoms with E-state index in [0.717, 1.165) is 32.1 Å². The van der Waals surface area contributed by atoms with Gasteiger partial charge in [-0.25, -0.2) is 0 Å². The molecule has 1 spiro atoms. The number of halogens is 1. The van der Waals surface area contributed by atoms with Crippen molar-refractivity contribution < 1.29 is 0 Å². The van der Waals surface area contributed by atoms with E-state index in [9.17, 15) is 0 Å². The Balaban J connectivity index is 0.00000242. The lowest BCUT2D eigenvalue weighted by Crippen LogP contribution is -2.43. The first-order valence-electron chi connectivity index (χ1n) is 8.91. The van der Waals surface area contributed by atoms with Crippen LogP contribution in [-0.2, 0) is 0 Å². The molecule has 5 heteroatoms. The van der Waals surface area contributed by atoms with Gasteiger partial charge < -0.3 is 10.2 Å². The summed E-state index contributed by atoms with van der Waals surface area (Å²) in [5.74, 6) is 1.14. The predicted octanol–water partition coefficient (Wildman–Crippen LogP) is 3.18. The zero-order chi connectivity index (χ0) is 15.3. The number of guanidine groups is 1. The number of likely N-dealkylation sites (N-methyl/N-ethyl adjacent to an activating group) is 1. The van der Waals surface area contributed by atoms with Crippen LogP contribution in [0.2, 0.25) is 0 Å². The summed E-state index contributed by atoms with van der Waals surface area (Å²) in [6, 6.07) is 0.522. The van der Waals surface area contributed by atoms with E-state index in [-0.39, 0.29) is 24.0 Å². The Kier molecular flexibility index (Phi) is 8.46. The third kappa shape index (κ3) is 4.73. The van der Waals surface area contributed by atoms with Crippen molar-refractivity contribution in [3.8, 4) is 0 Å². The van der Waals surface area contributed by atoms with Gasteiger partial charge in [0.2, 0.25) is 0 Å². The van der Waals surface area contributed by atoms with Crippen LogP contribution in [0.3, 0.4) is 0 Å². The Bertz CT molecular complexity index is 351. The van der Waals surface area contributed by atoms with E-state index in [1.54, 1.807) is 0 Å². The minimum absolute atomic E-state index is 0. The van der Waals surface area contributed by atoms with Crippen LogP contribution in [0.15, 0.2) is 4.99 Å². The molecule has 0 aromatic carbocycles. The van der Waals surface area contributed by atoms with Crippen LogP contribution in [0.5, 0.6) is 0 Å². The van der Waals surface area contributed by atoms with Crippen LogP contribution < -0.4 is 5.32 Å². The van der Waals surface area contributed by atoms with Gasteiger partial charge in [-0.1, -0.05) is 20.3 Å². The molecule has 1 saturated carbocycles. The molecule has 1 unspecified atom stereocenters. The molecule has 1 heterocycles. The van der Waals surface area contributed by atoms with Gasteiger partial charge in [0.1, 0.15) is 0 Å². The van der Waals surface area contributed by atoms with Gasteiger partial charge in [0.15, 0.2) is 5.96 Å². The number of hydrogen-bond donors (Lipinski definition) is 1. The molecule has 22 heavy (non-hydrogen) atoms. The van der Waals surface area contributed by atoms with Crippen LogP contribution in [0, 0.1) is 5.41 Å². The predicted molar refractivity (Wildman–Crippen MR) is 106 cm³/mol. The van der Waals surface area contributed by atoms with E-state index in [4.69, 9.17) is 4.99 Å². The molecule has 1 N–H and O–H groups in total. The molecule has 1 aliphatic heterocycles.